The van der Waals surface area contributed by atoms with Gasteiger partial charge < -0.3 is 19.6 Å². The van der Waals surface area contributed by atoms with Crippen LogP contribution in [0.5, 0.6) is 0 Å². The molecule has 0 spiro atoms. The van der Waals surface area contributed by atoms with Crippen LogP contribution < -0.4 is 10.9 Å². The van der Waals surface area contributed by atoms with E-state index >= 15 is 0 Å². The van der Waals surface area contributed by atoms with E-state index in [9.17, 15) is 4.79 Å². The van der Waals surface area contributed by atoms with Crippen molar-refractivity contribution in [3.05, 3.63) is 105 Å². The van der Waals surface area contributed by atoms with Crippen molar-refractivity contribution < 1.29 is 4.42 Å². The van der Waals surface area contributed by atoms with Crippen LogP contribution in [0.3, 0.4) is 0 Å². The molecule has 6 heteroatoms. The Bertz CT molecular complexity index is 1250. The summed E-state index contributed by atoms with van der Waals surface area (Å²) in [6.07, 6.45) is 1.64. The van der Waals surface area contributed by atoms with Crippen LogP contribution in [0.25, 0.3) is 10.9 Å². The van der Waals surface area contributed by atoms with Crippen molar-refractivity contribution in [1.82, 2.24) is 15.2 Å². The first-order chi connectivity index (χ1) is 15.0. The lowest BCUT2D eigenvalue weighted by Crippen LogP contribution is -2.39. The molecule has 0 bridgehead atoms. The molecule has 158 valence electrons. The van der Waals surface area contributed by atoms with Gasteiger partial charge in [0.2, 0.25) is 0 Å². The van der Waals surface area contributed by atoms with Crippen molar-refractivity contribution in [3.63, 3.8) is 0 Å². The molecule has 31 heavy (non-hydrogen) atoms. The number of thiocarbonyl (C=S) groups is 1. The van der Waals surface area contributed by atoms with Gasteiger partial charge in [0, 0.05) is 23.0 Å². The molecule has 2 aromatic heterocycles. The molecule has 0 saturated heterocycles. The molecule has 0 aliphatic carbocycles. The van der Waals surface area contributed by atoms with Crippen LogP contribution in [0.2, 0.25) is 0 Å². The fraction of sp³-hybridized carbons (Fsp3) is 0.200. The van der Waals surface area contributed by atoms with Gasteiger partial charge in [-0.25, -0.2) is 0 Å². The average molecular weight is 432 g/mol. The molecule has 2 heterocycles. The van der Waals surface area contributed by atoms with Gasteiger partial charge in [-0.3, -0.25) is 4.79 Å². The van der Waals surface area contributed by atoms with Crippen molar-refractivity contribution in [2.45, 2.75) is 33.5 Å². The van der Waals surface area contributed by atoms with Crippen molar-refractivity contribution >= 4 is 28.2 Å². The van der Waals surface area contributed by atoms with Gasteiger partial charge in [0.1, 0.15) is 5.76 Å². The molecule has 4 rings (SSSR count). The van der Waals surface area contributed by atoms with Gasteiger partial charge in [0.05, 0.1) is 19.4 Å². The van der Waals surface area contributed by atoms with Crippen LogP contribution >= 0.6 is 12.2 Å². The third kappa shape index (κ3) is 5.03. The first-order valence-corrected chi connectivity index (χ1v) is 10.6. The van der Waals surface area contributed by atoms with Crippen molar-refractivity contribution in [1.29, 1.82) is 0 Å². The van der Waals surface area contributed by atoms with Crippen molar-refractivity contribution in [2.75, 3.05) is 0 Å². The number of fused-ring (bicyclic) bond motifs is 1. The summed E-state index contributed by atoms with van der Waals surface area (Å²) in [6, 6.07) is 20.0. The van der Waals surface area contributed by atoms with E-state index in [0.717, 1.165) is 33.4 Å². The summed E-state index contributed by atoms with van der Waals surface area (Å²) in [5, 5.41) is 4.87. The minimum absolute atomic E-state index is 0.0932. The van der Waals surface area contributed by atoms with Gasteiger partial charge in [-0.1, -0.05) is 36.4 Å². The maximum absolute atomic E-state index is 12.9. The van der Waals surface area contributed by atoms with E-state index in [4.69, 9.17) is 16.6 Å². The number of aryl methyl sites for hydroxylation is 2. The normalized spacial score (nSPS) is 10.9. The number of nitrogens with zero attached hydrogens (tertiary/aromatic N) is 1. The number of pyridine rings is 1. The SMILES string of the molecule is Cc1cc(C)c2cc(CN(Cc3ccccc3)C(=S)NCc3ccco3)c(=O)[nH]c2c1. The summed E-state index contributed by atoms with van der Waals surface area (Å²) in [6.45, 7) is 5.58. The van der Waals surface area contributed by atoms with Gasteiger partial charge in [0.25, 0.3) is 5.56 Å². The van der Waals surface area contributed by atoms with E-state index in [1.807, 2.05) is 54.3 Å². The molecule has 0 saturated carbocycles. The first kappa shape index (κ1) is 20.9. The monoisotopic (exact) mass is 431 g/mol. The van der Waals surface area contributed by atoms with Gasteiger partial charge in [-0.2, -0.15) is 0 Å². The van der Waals surface area contributed by atoms with Crippen molar-refractivity contribution in [3.8, 4) is 0 Å². The molecule has 0 fully saturated rings. The quantitative estimate of drug-likeness (QED) is 0.429. The topological polar surface area (TPSA) is 61.3 Å². The number of aromatic amines is 1. The zero-order valence-electron chi connectivity index (χ0n) is 17.6. The van der Waals surface area contributed by atoms with Crippen LogP contribution in [0.15, 0.2) is 76.1 Å². The Morgan fingerprint density at radius 3 is 2.61 bits per heavy atom. The number of rotatable bonds is 6. The van der Waals surface area contributed by atoms with E-state index < -0.39 is 0 Å². The lowest BCUT2D eigenvalue weighted by molar-refractivity contribution is 0.393. The predicted octanol–water partition coefficient (Wildman–Crippen LogP) is 4.81. The lowest BCUT2D eigenvalue weighted by atomic mass is 10.0. The third-order valence-electron chi connectivity index (χ3n) is 5.25. The molecular weight excluding hydrogens is 406 g/mol. The molecule has 2 aromatic carbocycles. The van der Waals surface area contributed by atoms with Crippen LogP contribution in [0.1, 0.15) is 28.0 Å². The highest BCUT2D eigenvalue weighted by molar-refractivity contribution is 7.80. The van der Waals surface area contributed by atoms with Gasteiger partial charge in [-0.15, -0.1) is 0 Å². The van der Waals surface area contributed by atoms with Crippen LogP contribution in [-0.2, 0) is 19.6 Å². The number of H-pyrrole nitrogens is 1. The second-order valence-electron chi connectivity index (χ2n) is 7.75. The summed E-state index contributed by atoms with van der Waals surface area (Å²) in [7, 11) is 0. The maximum Gasteiger partial charge on any atom is 0.253 e. The van der Waals surface area contributed by atoms with Crippen LogP contribution in [0.4, 0.5) is 0 Å². The largest absolute Gasteiger partial charge is 0.467 e. The molecule has 0 atom stereocenters. The highest BCUT2D eigenvalue weighted by Crippen LogP contribution is 2.19. The Labute approximate surface area is 186 Å². The van der Waals surface area contributed by atoms with E-state index in [-0.39, 0.29) is 5.56 Å². The number of hydrogen-bond acceptors (Lipinski definition) is 3. The van der Waals surface area contributed by atoms with Crippen LogP contribution in [-0.4, -0.2) is 15.0 Å². The fourth-order valence-electron chi connectivity index (χ4n) is 3.73. The molecule has 0 amide bonds. The summed E-state index contributed by atoms with van der Waals surface area (Å²) >= 11 is 5.69. The highest BCUT2D eigenvalue weighted by atomic mass is 32.1. The Morgan fingerprint density at radius 2 is 1.87 bits per heavy atom. The third-order valence-corrected chi connectivity index (χ3v) is 5.65. The molecule has 5 nitrogen and oxygen atoms in total. The second kappa shape index (κ2) is 9.18. The second-order valence-corrected chi connectivity index (χ2v) is 8.13. The minimum Gasteiger partial charge on any atom is -0.467 e. The van der Waals surface area contributed by atoms with Gasteiger partial charge >= 0.3 is 0 Å². The number of furan rings is 1. The molecule has 0 aliphatic heterocycles. The number of nitrogens with one attached hydrogen (secondary N) is 2. The summed E-state index contributed by atoms with van der Waals surface area (Å²) in [5.41, 5.74) is 4.83. The van der Waals surface area contributed by atoms with Gasteiger partial charge in [0.15, 0.2) is 5.11 Å². The van der Waals surface area contributed by atoms with E-state index in [1.165, 1.54) is 0 Å². The Balaban J connectivity index is 1.62. The van der Waals surface area contributed by atoms with Crippen LogP contribution in [0, 0.1) is 13.8 Å². The minimum atomic E-state index is -0.0932. The molecule has 0 aliphatic rings. The fourth-order valence-corrected chi connectivity index (χ4v) is 3.93. The molecule has 2 N–H and O–H groups in total. The smallest absolute Gasteiger partial charge is 0.253 e. The standard InChI is InChI=1S/C25H25N3O2S/c1-17-11-18(2)22-13-20(24(29)27-23(22)12-17)16-28(15-19-7-4-3-5-8-19)25(31)26-14-21-9-6-10-30-21/h3-13H,14-16H2,1-2H3,(H,26,31)(H,27,29). The zero-order valence-corrected chi connectivity index (χ0v) is 18.5. The summed E-state index contributed by atoms with van der Waals surface area (Å²) in [4.78, 5) is 17.9. The number of aromatic nitrogens is 1. The van der Waals surface area contributed by atoms with Gasteiger partial charge in [-0.05, 0) is 67.0 Å². The summed E-state index contributed by atoms with van der Waals surface area (Å²) < 4.78 is 5.39. The maximum atomic E-state index is 12.9. The first-order valence-electron chi connectivity index (χ1n) is 10.2. The zero-order chi connectivity index (χ0) is 21.8. The molecule has 0 unspecified atom stereocenters. The Morgan fingerprint density at radius 1 is 1.06 bits per heavy atom. The predicted molar refractivity (Wildman–Crippen MR) is 128 cm³/mol. The lowest BCUT2D eigenvalue weighted by Gasteiger charge is -2.26. The average Bonchev–Trinajstić information content (AvgIpc) is 3.27. The van der Waals surface area contributed by atoms with Crippen molar-refractivity contribution in [2.24, 2.45) is 0 Å². The van der Waals surface area contributed by atoms with E-state index in [0.29, 0.717) is 30.3 Å². The molecular formula is C25H25N3O2S. The number of benzene rings is 2. The Kier molecular flexibility index (Phi) is 6.18. The summed E-state index contributed by atoms with van der Waals surface area (Å²) in [5.74, 6) is 0.802. The van der Waals surface area contributed by atoms with E-state index in [2.05, 4.69) is 35.4 Å². The highest BCUT2D eigenvalue weighted by Gasteiger charge is 2.15. The number of hydrogen-bond donors (Lipinski definition) is 2. The molecule has 0 radical (unpaired) electrons. The molecule has 4 aromatic rings. The van der Waals surface area contributed by atoms with E-state index in [1.54, 1.807) is 6.26 Å². The Hall–Kier alpha value is -3.38.